The number of benzene rings is 1. The zero-order chi connectivity index (χ0) is 13.8. The van der Waals surface area contributed by atoms with Crippen molar-refractivity contribution in [3.8, 4) is 5.75 Å². The van der Waals surface area contributed by atoms with Crippen molar-refractivity contribution < 1.29 is 9.53 Å². The van der Waals surface area contributed by atoms with Gasteiger partial charge in [-0.1, -0.05) is 24.3 Å². The summed E-state index contributed by atoms with van der Waals surface area (Å²) in [5.74, 6) is 1.37. The van der Waals surface area contributed by atoms with Crippen LogP contribution in [-0.2, 0) is 0 Å². The quantitative estimate of drug-likeness (QED) is 0.881. The molecule has 2 N–H and O–H groups in total. The molecule has 0 fully saturated rings. The van der Waals surface area contributed by atoms with Crippen LogP contribution in [0.25, 0.3) is 0 Å². The average Bonchev–Trinajstić information content (AvgIpc) is 2.48. The molecule has 0 radical (unpaired) electrons. The summed E-state index contributed by atoms with van der Waals surface area (Å²) < 4.78 is 5.57. The fraction of sp³-hybridized carbons (Fsp3) is 0.200. The molecule has 2 heterocycles. The smallest absolute Gasteiger partial charge is 0.320 e. The fourth-order valence-electron chi connectivity index (χ4n) is 2.24. The Bertz CT molecular complexity index is 601. The number of urea groups is 1. The highest BCUT2D eigenvalue weighted by Crippen LogP contribution is 2.31. The van der Waals surface area contributed by atoms with E-state index in [1.807, 2.05) is 30.3 Å². The molecule has 2 amide bonds. The van der Waals surface area contributed by atoms with E-state index in [4.69, 9.17) is 4.74 Å². The number of para-hydroxylation sites is 1. The van der Waals surface area contributed by atoms with Crippen molar-refractivity contribution in [1.29, 1.82) is 0 Å². The van der Waals surface area contributed by atoms with Gasteiger partial charge >= 0.3 is 6.03 Å². The maximum Gasteiger partial charge on any atom is 0.320 e. The normalized spacial score (nSPS) is 16.7. The largest absolute Gasteiger partial charge is 0.493 e. The molecule has 1 aromatic carbocycles. The Morgan fingerprint density at radius 3 is 2.90 bits per heavy atom. The van der Waals surface area contributed by atoms with Gasteiger partial charge in [-0.3, -0.25) is 5.32 Å². The van der Waals surface area contributed by atoms with Crippen LogP contribution in [0.1, 0.15) is 18.0 Å². The number of pyridine rings is 1. The van der Waals surface area contributed by atoms with Crippen LogP contribution in [0.3, 0.4) is 0 Å². The van der Waals surface area contributed by atoms with Gasteiger partial charge in [-0.25, -0.2) is 9.78 Å². The third kappa shape index (κ3) is 2.71. The first-order valence-corrected chi connectivity index (χ1v) is 6.53. The van der Waals surface area contributed by atoms with Crippen LogP contribution in [0, 0.1) is 0 Å². The first-order valence-electron chi connectivity index (χ1n) is 6.53. The van der Waals surface area contributed by atoms with Crippen molar-refractivity contribution in [3.63, 3.8) is 0 Å². The molecule has 1 aliphatic rings. The van der Waals surface area contributed by atoms with E-state index in [-0.39, 0.29) is 12.1 Å². The second-order valence-corrected chi connectivity index (χ2v) is 4.54. The summed E-state index contributed by atoms with van der Waals surface area (Å²) in [5, 5.41) is 5.67. The number of carbonyl (C=O) groups is 1. The maximum absolute atomic E-state index is 12.0. The van der Waals surface area contributed by atoms with Gasteiger partial charge in [0, 0.05) is 18.2 Å². The highest BCUT2D eigenvalue weighted by atomic mass is 16.5. The molecule has 20 heavy (non-hydrogen) atoms. The number of fused-ring (bicyclic) bond motifs is 1. The van der Waals surface area contributed by atoms with Gasteiger partial charge in [-0.2, -0.15) is 0 Å². The number of rotatable bonds is 2. The van der Waals surface area contributed by atoms with Crippen LogP contribution < -0.4 is 15.4 Å². The monoisotopic (exact) mass is 269 g/mol. The van der Waals surface area contributed by atoms with Gasteiger partial charge in [-0.05, 0) is 18.2 Å². The molecule has 1 aliphatic heterocycles. The molecule has 0 aliphatic carbocycles. The molecule has 1 aromatic heterocycles. The molecule has 0 saturated carbocycles. The number of nitrogens with zero attached hydrogens (tertiary/aromatic N) is 1. The van der Waals surface area contributed by atoms with E-state index in [1.165, 1.54) is 0 Å². The minimum Gasteiger partial charge on any atom is -0.493 e. The second kappa shape index (κ2) is 5.61. The lowest BCUT2D eigenvalue weighted by Gasteiger charge is -2.26. The molecule has 102 valence electrons. The van der Waals surface area contributed by atoms with E-state index in [2.05, 4.69) is 15.6 Å². The Kier molecular flexibility index (Phi) is 3.50. The lowest BCUT2D eigenvalue weighted by atomic mass is 10.0. The van der Waals surface area contributed by atoms with E-state index in [0.29, 0.717) is 12.4 Å². The van der Waals surface area contributed by atoms with Crippen molar-refractivity contribution in [2.45, 2.75) is 12.5 Å². The Hall–Kier alpha value is -2.56. The van der Waals surface area contributed by atoms with Gasteiger partial charge in [0.15, 0.2) is 0 Å². The number of anilines is 1. The van der Waals surface area contributed by atoms with Crippen molar-refractivity contribution in [3.05, 3.63) is 54.2 Å². The molecular weight excluding hydrogens is 254 g/mol. The summed E-state index contributed by atoms with van der Waals surface area (Å²) in [6, 6.07) is 12.8. The van der Waals surface area contributed by atoms with Gasteiger partial charge in [0.2, 0.25) is 0 Å². The van der Waals surface area contributed by atoms with Gasteiger partial charge in [0.1, 0.15) is 11.6 Å². The number of carbonyl (C=O) groups excluding carboxylic acids is 1. The van der Waals surface area contributed by atoms with Crippen LogP contribution >= 0.6 is 0 Å². The third-order valence-corrected chi connectivity index (χ3v) is 3.17. The number of ether oxygens (including phenoxy) is 1. The standard InChI is InChI=1S/C15H15N3O2/c19-15(18-14-7-3-4-9-16-14)17-12-8-10-20-13-6-2-1-5-11(12)13/h1-7,9,12H,8,10H2,(H2,16,17,18,19). The van der Waals surface area contributed by atoms with Gasteiger partial charge in [0.25, 0.3) is 0 Å². The summed E-state index contributed by atoms with van der Waals surface area (Å²) in [4.78, 5) is 16.0. The predicted molar refractivity (Wildman–Crippen MR) is 75.7 cm³/mol. The van der Waals surface area contributed by atoms with E-state index < -0.39 is 0 Å². The van der Waals surface area contributed by atoms with Crippen molar-refractivity contribution in [1.82, 2.24) is 10.3 Å². The zero-order valence-electron chi connectivity index (χ0n) is 10.9. The molecular formula is C15H15N3O2. The molecule has 1 unspecified atom stereocenters. The lowest BCUT2D eigenvalue weighted by molar-refractivity contribution is 0.232. The summed E-state index contributed by atoms with van der Waals surface area (Å²) in [7, 11) is 0. The van der Waals surface area contributed by atoms with Gasteiger partial charge in [-0.15, -0.1) is 0 Å². The molecule has 0 saturated heterocycles. The number of nitrogens with one attached hydrogen (secondary N) is 2. The van der Waals surface area contributed by atoms with E-state index in [9.17, 15) is 4.79 Å². The summed E-state index contributed by atoms with van der Waals surface area (Å²) in [6.45, 7) is 0.603. The van der Waals surface area contributed by atoms with Gasteiger partial charge < -0.3 is 10.1 Å². The Morgan fingerprint density at radius 1 is 1.20 bits per heavy atom. The number of aromatic nitrogens is 1. The van der Waals surface area contributed by atoms with E-state index >= 15 is 0 Å². The average molecular weight is 269 g/mol. The van der Waals surface area contributed by atoms with Crippen molar-refractivity contribution >= 4 is 11.8 Å². The van der Waals surface area contributed by atoms with E-state index in [0.717, 1.165) is 17.7 Å². The lowest BCUT2D eigenvalue weighted by Crippen LogP contribution is -2.35. The van der Waals surface area contributed by atoms with Crippen LogP contribution in [0.2, 0.25) is 0 Å². The van der Waals surface area contributed by atoms with Crippen LogP contribution in [0.5, 0.6) is 5.75 Å². The minimum atomic E-state index is -0.259. The summed E-state index contributed by atoms with van der Waals surface area (Å²) >= 11 is 0. The Morgan fingerprint density at radius 2 is 2.05 bits per heavy atom. The minimum absolute atomic E-state index is 0.0383. The molecule has 5 heteroatoms. The van der Waals surface area contributed by atoms with Crippen LogP contribution in [0.15, 0.2) is 48.7 Å². The van der Waals surface area contributed by atoms with Crippen LogP contribution in [-0.4, -0.2) is 17.6 Å². The third-order valence-electron chi connectivity index (χ3n) is 3.17. The molecule has 0 bridgehead atoms. The highest BCUT2D eigenvalue weighted by molar-refractivity contribution is 5.88. The Balaban J connectivity index is 1.68. The van der Waals surface area contributed by atoms with Crippen molar-refractivity contribution in [2.75, 3.05) is 11.9 Å². The predicted octanol–water partition coefficient (Wildman–Crippen LogP) is 2.73. The fourth-order valence-corrected chi connectivity index (χ4v) is 2.24. The summed E-state index contributed by atoms with van der Waals surface area (Å²) in [6.07, 6.45) is 2.39. The SMILES string of the molecule is O=C(Nc1ccccn1)NC1CCOc2ccccc21. The topological polar surface area (TPSA) is 63.2 Å². The molecule has 3 rings (SSSR count). The number of hydrogen-bond donors (Lipinski definition) is 2. The molecule has 5 nitrogen and oxygen atoms in total. The molecule has 0 spiro atoms. The zero-order valence-corrected chi connectivity index (χ0v) is 10.9. The second-order valence-electron chi connectivity index (χ2n) is 4.54. The highest BCUT2D eigenvalue weighted by Gasteiger charge is 2.22. The van der Waals surface area contributed by atoms with Gasteiger partial charge in [0.05, 0.1) is 12.6 Å². The first-order chi connectivity index (χ1) is 9.83. The van der Waals surface area contributed by atoms with E-state index in [1.54, 1.807) is 18.3 Å². The first kappa shape index (κ1) is 12.5. The number of amides is 2. The summed E-state index contributed by atoms with van der Waals surface area (Å²) in [5.41, 5.74) is 1.01. The molecule has 1 atom stereocenters. The number of hydrogen-bond acceptors (Lipinski definition) is 3. The van der Waals surface area contributed by atoms with Crippen molar-refractivity contribution in [2.24, 2.45) is 0 Å². The Labute approximate surface area is 117 Å². The molecule has 2 aromatic rings. The van der Waals surface area contributed by atoms with Crippen LogP contribution in [0.4, 0.5) is 10.6 Å². The maximum atomic E-state index is 12.0.